The summed E-state index contributed by atoms with van der Waals surface area (Å²) in [5, 5.41) is 0. The van der Waals surface area contributed by atoms with Gasteiger partial charge in [-0.2, -0.15) is 0 Å². The van der Waals surface area contributed by atoms with E-state index in [1.165, 1.54) is 11.1 Å². The number of rotatable bonds is 3. The zero-order valence-corrected chi connectivity index (χ0v) is 14.8. The lowest BCUT2D eigenvalue weighted by Gasteiger charge is -2.32. The molecular formula is C19H28BNO2. The summed E-state index contributed by atoms with van der Waals surface area (Å²) in [6, 6.07) is 10.7. The minimum Gasteiger partial charge on any atom is -0.400 e. The van der Waals surface area contributed by atoms with Crippen LogP contribution in [-0.2, 0) is 15.9 Å². The molecule has 2 saturated heterocycles. The van der Waals surface area contributed by atoms with Crippen LogP contribution in [0.4, 0.5) is 0 Å². The van der Waals surface area contributed by atoms with E-state index in [1.54, 1.807) is 0 Å². The lowest BCUT2D eigenvalue weighted by Crippen LogP contribution is -2.41. The van der Waals surface area contributed by atoms with Gasteiger partial charge in [0.05, 0.1) is 11.2 Å². The molecule has 0 radical (unpaired) electrons. The molecule has 2 aliphatic heterocycles. The second-order valence-corrected chi connectivity index (χ2v) is 7.71. The molecule has 0 spiro atoms. The average molecular weight is 313 g/mol. The Morgan fingerprint density at radius 3 is 2.13 bits per heavy atom. The van der Waals surface area contributed by atoms with E-state index in [0.717, 1.165) is 32.5 Å². The molecule has 0 unspecified atom stereocenters. The Labute approximate surface area is 140 Å². The standard InChI is InChI=1S/C19H28BNO2/c1-18(2)19(3,4)23-20(22-18)14-16-10-12-21(13-11-16)15-17-8-6-5-7-9-17/h5-9,14H,10-13,15H2,1-4H3. The van der Waals surface area contributed by atoms with Crippen molar-refractivity contribution in [3.63, 3.8) is 0 Å². The Balaban J connectivity index is 1.53. The van der Waals surface area contributed by atoms with Crippen molar-refractivity contribution in [2.24, 2.45) is 0 Å². The predicted octanol–water partition coefficient (Wildman–Crippen LogP) is 3.84. The summed E-state index contributed by atoms with van der Waals surface area (Å²) in [7, 11) is -0.198. The van der Waals surface area contributed by atoms with E-state index in [0.29, 0.717) is 0 Å². The molecule has 2 heterocycles. The van der Waals surface area contributed by atoms with Crippen LogP contribution in [0.2, 0.25) is 0 Å². The Morgan fingerprint density at radius 1 is 1.00 bits per heavy atom. The fourth-order valence-electron chi connectivity index (χ4n) is 3.16. The molecule has 0 saturated carbocycles. The zero-order valence-electron chi connectivity index (χ0n) is 14.8. The SMILES string of the molecule is CC1(C)OB(C=C2CCN(Cc3ccccc3)CC2)OC1(C)C. The molecule has 0 aliphatic carbocycles. The number of nitrogens with zero attached hydrogens (tertiary/aromatic N) is 1. The van der Waals surface area contributed by atoms with Gasteiger partial charge < -0.3 is 9.31 Å². The minimum atomic E-state index is -0.247. The molecule has 2 fully saturated rings. The summed E-state index contributed by atoms with van der Waals surface area (Å²) >= 11 is 0. The monoisotopic (exact) mass is 313 g/mol. The van der Waals surface area contributed by atoms with Crippen molar-refractivity contribution >= 4 is 7.12 Å². The third-order valence-electron chi connectivity index (χ3n) is 5.39. The first-order chi connectivity index (χ1) is 10.9. The molecule has 0 bridgehead atoms. The van der Waals surface area contributed by atoms with E-state index in [9.17, 15) is 0 Å². The zero-order chi connectivity index (χ0) is 16.5. The van der Waals surface area contributed by atoms with E-state index in [4.69, 9.17) is 9.31 Å². The highest BCUT2D eigenvalue weighted by molar-refractivity contribution is 6.51. The van der Waals surface area contributed by atoms with Gasteiger partial charge in [-0.3, -0.25) is 4.90 Å². The number of likely N-dealkylation sites (tertiary alicyclic amines) is 1. The molecule has 1 aromatic rings. The number of benzene rings is 1. The van der Waals surface area contributed by atoms with E-state index in [2.05, 4.69) is 68.9 Å². The van der Waals surface area contributed by atoms with Crippen LogP contribution in [0.25, 0.3) is 0 Å². The first kappa shape index (κ1) is 16.8. The summed E-state index contributed by atoms with van der Waals surface area (Å²) in [6.07, 6.45) is 2.22. The normalized spacial score (nSPS) is 24.0. The van der Waals surface area contributed by atoms with Crippen LogP contribution < -0.4 is 0 Å². The molecule has 4 heteroatoms. The van der Waals surface area contributed by atoms with Gasteiger partial charge in [0.15, 0.2) is 0 Å². The number of piperidine rings is 1. The van der Waals surface area contributed by atoms with Gasteiger partial charge in [0, 0.05) is 19.6 Å². The van der Waals surface area contributed by atoms with Crippen molar-refractivity contribution in [3.05, 3.63) is 47.4 Å². The average Bonchev–Trinajstić information content (AvgIpc) is 2.69. The molecule has 3 nitrogen and oxygen atoms in total. The van der Waals surface area contributed by atoms with Crippen LogP contribution in [0.15, 0.2) is 41.9 Å². The molecule has 0 amide bonds. The highest BCUT2D eigenvalue weighted by atomic mass is 16.7. The van der Waals surface area contributed by atoms with Gasteiger partial charge >= 0.3 is 7.12 Å². The second-order valence-electron chi connectivity index (χ2n) is 7.71. The largest absolute Gasteiger partial charge is 0.487 e. The summed E-state index contributed by atoms with van der Waals surface area (Å²) < 4.78 is 12.2. The van der Waals surface area contributed by atoms with Gasteiger partial charge in [-0.25, -0.2) is 0 Å². The summed E-state index contributed by atoms with van der Waals surface area (Å²) in [4.78, 5) is 2.52. The van der Waals surface area contributed by atoms with Gasteiger partial charge in [0.25, 0.3) is 0 Å². The molecule has 124 valence electrons. The van der Waals surface area contributed by atoms with Crippen LogP contribution in [-0.4, -0.2) is 36.3 Å². The van der Waals surface area contributed by atoms with Crippen LogP contribution in [0.5, 0.6) is 0 Å². The maximum Gasteiger partial charge on any atom is 0.487 e. The van der Waals surface area contributed by atoms with E-state index >= 15 is 0 Å². The fraction of sp³-hybridized carbons (Fsp3) is 0.579. The van der Waals surface area contributed by atoms with Crippen molar-refractivity contribution in [1.29, 1.82) is 0 Å². The molecule has 2 aliphatic rings. The van der Waals surface area contributed by atoms with Gasteiger partial charge in [-0.05, 0) is 46.1 Å². The summed E-state index contributed by atoms with van der Waals surface area (Å²) in [5.74, 6) is 2.20. The van der Waals surface area contributed by atoms with E-state index in [-0.39, 0.29) is 18.3 Å². The summed E-state index contributed by atoms with van der Waals surface area (Å²) in [5.41, 5.74) is 2.37. The molecule has 0 atom stereocenters. The first-order valence-electron chi connectivity index (χ1n) is 8.67. The molecule has 0 aromatic heterocycles. The maximum atomic E-state index is 6.08. The van der Waals surface area contributed by atoms with Crippen LogP contribution in [0, 0.1) is 0 Å². The topological polar surface area (TPSA) is 21.7 Å². The molecule has 23 heavy (non-hydrogen) atoms. The fourth-order valence-corrected chi connectivity index (χ4v) is 3.16. The van der Waals surface area contributed by atoms with Crippen molar-refractivity contribution in [2.75, 3.05) is 13.1 Å². The van der Waals surface area contributed by atoms with Gasteiger partial charge in [0.2, 0.25) is 0 Å². The highest BCUT2D eigenvalue weighted by Gasteiger charge is 2.50. The minimum absolute atomic E-state index is 0.198. The Morgan fingerprint density at radius 2 is 1.57 bits per heavy atom. The van der Waals surface area contributed by atoms with Crippen LogP contribution in [0.3, 0.4) is 0 Å². The molecule has 3 rings (SSSR count). The Hall–Kier alpha value is -1.10. The lowest BCUT2D eigenvalue weighted by molar-refractivity contribution is 0.00578. The molecule has 1 aromatic carbocycles. The smallest absolute Gasteiger partial charge is 0.400 e. The molecule has 0 N–H and O–H groups in total. The number of hydrogen-bond acceptors (Lipinski definition) is 3. The quantitative estimate of drug-likeness (QED) is 0.792. The highest BCUT2D eigenvalue weighted by Crippen LogP contribution is 2.37. The second kappa shape index (κ2) is 6.42. The summed E-state index contributed by atoms with van der Waals surface area (Å²) in [6.45, 7) is 11.7. The number of hydrogen-bond donors (Lipinski definition) is 0. The Bertz CT molecular complexity index is 542. The molecular weight excluding hydrogens is 285 g/mol. The van der Waals surface area contributed by atoms with Crippen molar-refractivity contribution < 1.29 is 9.31 Å². The van der Waals surface area contributed by atoms with Gasteiger partial charge in [-0.1, -0.05) is 41.9 Å². The lowest BCUT2D eigenvalue weighted by atomic mass is 9.84. The Kier molecular flexibility index (Phi) is 4.68. The van der Waals surface area contributed by atoms with E-state index in [1.807, 2.05) is 0 Å². The van der Waals surface area contributed by atoms with Crippen molar-refractivity contribution in [2.45, 2.75) is 58.3 Å². The van der Waals surface area contributed by atoms with Crippen molar-refractivity contribution in [1.82, 2.24) is 4.90 Å². The third kappa shape index (κ3) is 3.88. The van der Waals surface area contributed by atoms with Gasteiger partial charge in [-0.15, -0.1) is 0 Å². The predicted molar refractivity (Wildman–Crippen MR) is 95.1 cm³/mol. The van der Waals surface area contributed by atoms with Crippen LogP contribution >= 0.6 is 0 Å². The van der Waals surface area contributed by atoms with Crippen molar-refractivity contribution in [3.8, 4) is 0 Å². The maximum absolute atomic E-state index is 6.08. The van der Waals surface area contributed by atoms with E-state index < -0.39 is 0 Å². The first-order valence-corrected chi connectivity index (χ1v) is 8.67. The third-order valence-corrected chi connectivity index (χ3v) is 5.39. The van der Waals surface area contributed by atoms with Gasteiger partial charge in [0.1, 0.15) is 0 Å². The van der Waals surface area contributed by atoms with Crippen LogP contribution in [0.1, 0.15) is 46.1 Å².